The Morgan fingerprint density at radius 3 is 3.13 bits per heavy atom. The lowest BCUT2D eigenvalue weighted by Crippen LogP contribution is -2.21. The zero-order valence-corrected chi connectivity index (χ0v) is 9.59. The number of nitrogens with two attached hydrogens (primary N) is 1. The molecule has 5 nitrogen and oxygen atoms in total. The van der Waals surface area contributed by atoms with E-state index in [1.807, 2.05) is 4.57 Å². The molecule has 2 atom stereocenters. The van der Waals surface area contributed by atoms with Crippen LogP contribution in [0.5, 0.6) is 0 Å². The summed E-state index contributed by atoms with van der Waals surface area (Å²) in [4.78, 5) is 0. The molecule has 6 heteroatoms. The number of aromatic amines is 1. The van der Waals surface area contributed by atoms with Gasteiger partial charge in [-0.25, -0.2) is 5.10 Å². The second-order valence-corrected chi connectivity index (χ2v) is 4.25. The topological polar surface area (TPSA) is 68.9 Å². The first-order valence-corrected chi connectivity index (χ1v) is 5.65. The monoisotopic (exact) mass is 228 g/mol. The molecule has 1 aliphatic rings. The summed E-state index contributed by atoms with van der Waals surface area (Å²) in [5.74, 6) is 0.961. The summed E-state index contributed by atoms with van der Waals surface area (Å²) in [7, 11) is 0. The van der Waals surface area contributed by atoms with Gasteiger partial charge in [0.15, 0.2) is 4.77 Å². The molecule has 0 radical (unpaired) electrons. The van der Waals surface area contributed by atoms with Crippen molar-refractivity contribution in [3.63, 3.8) is 0 Å². The number of hydrogen-bond donors (Lipinski definition) is 2. The molecule has 0 amide bonds. The van der Waals surface area contributed by atoms with E-state index in [0.29, 0.717) is 22.7 Å². The molecule has 2 unspecified atom stereocenters. The van der Waals surface area contributed by atoms with Crippen LogP contribution in [-0.2, 0) is 11.3 Å². The fraction of sp³-hybridized carbons (Fsp3) is 0.778. The highest BCUT2D eigenvalue weighted by Gasteiger charge is 2.27. The number of rotatable bonds is 3. The zero-order valence-electron chi connectivity index (χ0n) is 8.77. The van der Waals surface area contributed by atoms with E-state index in [9.17, 15) is 0 Å². The molecule has 84 valence electrons. The molecule has 0 aromatic carbocycles. The molecule has 3 N–H and O–H groups in total. The van der Waals surface area contributed by atoms with Crippen molar-refractivity contribution in [2.75, 3.05) is 12.3 Å². The standard InChI is InChI=1S/C9H16N4OS/c1-2-7-6(3-4-14-7)5-13-8(10)11-12-9(13)15/h6-7H,2-5H2,1H3,(H2,10,11)(H,12,15). The third kappa shape index (κ3) is 2.05. The lowest BCUT2D eigenvalue weighted by Gasteiger charge is -2.17. The average Bonchev–Trinajstić information content (AvgIpc) is 2.79. The van der Waals surface area contributed by atoms with Gasteiger partial charge in [0.1, 0.15) is 0 Å². The minimum Gasteiger partial charge on any atom is -0.378 e. The van der Waals surface area contributed by atoms with Crippen LogP contribution < -0.4 is 5.73 Å². The van der Waals surface area contributed by atoms with Crippen LogP contribution in [0.3, 0.4) is 0 Å². The molecule has 0 bridgehead atoms. The summed E-state index contributed by atoms with van der Waals surface area (Å²) < 4.78 is 8.06. The van der Waals surface area contributed by atoms with Crippen LogP contribution in [0.1, 0.15) is 19.8 Å². The van der Waals surface area contributed by atoms with Gasteiger partial charge in [-0.15, -0.1) is 5.10 Å². The van der Waals surface area contributed by atoms with Gasteiger partial charge < -0.3 is 10.5 Å². The van der Waals surface area contributed by atoms with Crippen LogP contribution in [0, 0.1) is 10.7 Å². The van der Waals surface area contributed by atoms with E-state index in [4.69, 9.17) is 22.7 Å². The van der Waals surface area contributed by atoms with E-state index in [-0.39, 0.29) is 0 Å². The van der Waals surface area contributed by atoms with Gasteiger partial charge in [-0.05, 0) is 25.1 Å². The lowest BCUT2D eigenvalue weighted by molar-refractivity contribution is 0.0835. The highest BCUT2D eigenvalue weighted by molar-refractivity contribution is 7.71. The Hall–Kier alpha value is -0.880. The summed E-state index contributed by atoms with van der Waals surface area (Å²) in [6, 6.07) is 0. The Kier molecular flexibility index (Phi) is 3.06. The Morgan fingerprint density at radius 1 is 1.73 bits per heavy atom. The predicted octanol–water partition coefficient (Wildman–Crippen LogP) is 1.34. The summed E-state index contributed by atoms with van der Waals surface area (Å²) in [6.45, 7) is 3.79. The Labute approximate surface area is 93.6 Å². The highest BCUT2D eigenvalue weighted by Crippen LogP contribution is 2.25. The third-order valence-electron chi connectivity index (χ3n) is 2.95. The maximum atomic E-state index is 5.72. The number of aromatic nitrogens is 3. The van der Waals surface area contributed by atoms with Gasteiger partial charge >= 0.3 is 0 Å². The van der Waals surface area contributed by atoms with Crippen LogP contribution in [-0.4, -0.2) is 27.5 Å². The molecular formula is C9H16N4OS. The van der Waals surface area contributed by atoms with Crippen molar-refractivity contribution < 1.29 is 4.74 Å². The van der Waals surface area contributed by atoms with Gasteiger partial charge in [0.25, 0.3) is 0 Å². The number of nitrogen functional groups attached to an aromatic ring is 1. The van der Waals surface area contributed by atoms with Crippen LogP contribution in [0.25, 0.3) is 0 Å². The van der Waals surface area contributed by atoms with Crippen LogP contribution in [0.15, 0.2) is 0 Å². The van der Waals surface area contributed by atoms with Crippen molar-refractivity contribution >= 4 is 18.2 Å². The number of H-pyrrole nitrogens is 1. The number of anilines is 1. The van der Waals surface area contributed by atoms with Gasteiger partial charge in [-0.2, -0.15) is 0 Å². The van der Waals surface area contributed by atoms with Gasteiger partial charge in [-0.3, -0.25) is 4.57 Å². The molecule has 1 saturated heterocycles. The zero-order chi connectivity index (χ0) is 10.8. The summed E-state index contributed by atoms with van der Waals surface area (Å²) in [6.07, 6.45) is 2.45. The van der Waals surface area contributed by atoms with Gasteiger partial charge in [-0.1, -0.05) is 6.92 Å². The van der Waals surface area contributed by atoms with E-state index in [2.05, 4.69) is 17.1 Å². The van der Waals surface area contributed by atoms with E-state index in [1.54, 1.807) is 0 Å². The summed E-state index contributed by atoms with van der Waals surface area (Å²) >= 11 is 5.11. The molecule has 0 aliphatic carbocycles. The number of nitrogens with one attached hydrogen (secondary N) is 1. The quantitative estimate of drug-likeness (QED) is 0.766. The van der Waals surface area contributed by atoms with Crippen LogP contribution >= 0.6 is 12.2 Å². The molecule has 2 rings (SSSR count). The molecule has 1 aromatic heterocycles. The van der Waals surface area contributed by atoms with Gasteiger partial charge in [0.05, 0.1) is 6.10 Å². The van der Waals surface area contributed by atoms with E-state index in [0.717, 1.165) is 26.0 Å². The summed E-state index contributed by atoms with van der Waals surface area (Å²) in [5, 5.41) is 6.59. The van der Waals surface area contributed by atoms with E-state index >= 15 is 0 Å². The SMILES string of the molecule is CCC1OCCC1Cn1c(N)n[nH]c1=S. The molecule has 2 heterocycles. The fourth-order valence-electron chi connectivity index (χ4n) is 2.09. The molecule has 1 fully saturated rings. The Morgan fingerprint density at radius 2 is 2.53 bits per heavy atom. The molecule has 15 heavy (non-hydrogen) atoms. The molecule has 1 aliphatic heterocycles. The van der Waals surface area contributed by atoms with Crippen LogP contribution in [0.2, 0.25) is 0 Å². The van der Waals surface area contributed by atoms with Crippen molar-refractivity contribution in [3.8, 4) is 0 Å². The molecular weight excluding hydrogens is 212 g/mol. The number of ether oxygens (including phenoxy) is 1. The molecule has 1 aromatic rings. The second kappa shape index (κ2) is 4.32. The van der Waals surface area contributed by atoms with Crippen molar-refractivity contribution in [2.24, 2.45) is 5.92 Å². The first-order chi connectivity index (χ1) is 7.22. The molecule has 0 spiro atoms. The van der Waals surface area contributed by atoms with Crippen molar-refractivity contribution in [1.29, 1.82) is 0 Å². The Balaban J connectivity index is 2.11. The fourth-order valence-corrected chi connectivity index (χ4v) is 2.31. The normalized spacial score (nSPS) is 25.9. The average molecular weight is 228 g/mol. The van der Waals surface area contributed by atoms with Crippen LogP contribution in [0.4, 0.5) is 5.95 Å². The second-order valence-electron chi connectivity index (χ2n) is 3.86. The maximum absolute atomic E-state index is 5.72. The minimum absolute atomic E-state index is 0.334. The first-order valence-electron chi connectivity index (χ1n) is 5.24. The van der Waals surface area contributed by atoms with Gasteiger partial charge in [0.2, 0.25) is 5.95 Å². The Bertz CT molecular complexity index is 386. The summed E-state index contributed by atoms with van der Waals surface area (Å²) in [5.41, 5.74) is 5.72. The van der Waals surface area contributed by atoms with Gasteiger partial charge in [0, 0.05) is 19.1 Å². The smallest absolute Gasteiger partial charge is 0.220 e. The third-order valence-corrected chi connectivity index (χ3v) is 3.27. The van der Waals surface area contributed by atoms with E-state index < -0.39 is 0 Å². The predicted molar refractivity (Wildman–Crippen MR) is 60.0 cm³/mol. The van der Waals surface area contributed by atoms with Crippen molar-refractivity contribution in [1.82, 2.24) is 14.8 Å². The number of nitrogens with zero attached hydrogens (tertiary/aromatic N) is 2. The number of hydrogen-bond acceptors (Lipinski definition) is 4. The largest absolute Gasteiger partial charge is 0.378 e. The first kappa shape index (κ1) is 10.6. The highest BCUT2D eigenvalue weighted by atomic mass is 32.1. The van der Waals surface area contributed by atoms with Crippen molar-refractivity contribution in [2.45, 2.75) is 32.4 Å². The maximum Gasteiger partial charge on any atom is 0.220 e. The minimum atomic E-state index is 0.334. The van der Waals surface area contributed by atoms with E-state index in [1.165, 1.54) is 0 Å². The molecule has 0 saturated carbocycles. The van der Waals surface area contributed by atoms with Crippen molar-refractivity contribution in [3.05, 3.63) is 4.77 Å². The lowest BCUT2D eigenvalue weighted by atomic mass is 10.00.